The highest BCUT2D eigenvalue weighted by molar-refractivity contribution is 7.90. The van der Waals surface area contributed by atoms with Crippen LogP contribution >= 0.6 is 0 Å². The summed E-state index contributed by atoms with van der Waals surface area (Å²) in [4.78, 5) is 0. The van der Waals surface area contributed by atoms with Crippen LogP contribution in [0.25, 0.3) is 0 Å². The highest BCUT2D eigenvalue weighted by Gasteiger charge is 2.08. The van der Waals surface area contributed by atoms with Gasteiger partial charge >= 0.3 is 0 Å². The van der Waals surface area contributed by atoms with Crippen LogP contribution in [-0.2, 0) is 9.84 Å². The zero-order chi connectivity index (χ0) is 14.5. The molecule has 0 radical (unpaired) electrons. The van der Waals surface area contributed by atoms with E-state index in [-0.39, 0.29) is 35.9 Å². The molecule has 106 valence electrons. The first kappa shape index (κ1) is 15.2. The molecule has 0 amide bonds. The predicted molar refractivity (Wildman–Crippen MR) is 68.7 cm³/mol. The maximum absolute atomic E-state index is 13.6. The van der Waals surface area contributed by atoms with Gasteiger partial charge in [-0.05, 0) is 24.6 Å². The van der Waals surface area contributed by atoms with Gasteiger partial charge in [0.15, 0.2) is 17.4 Å². The average Bonchev–Trinajstić information content (AvgIpc) is 2.33. The maximum Gasteiger partial charge on any atom is 0.170 e. The summed E-state index contributed by atoms with van der Waals surface area (Å²) in [6.45, 7) is 0.0902. The van der Waals surface area contributed by atoms with E-state index in [0.717, 1.165) is 12.3 Å². The third kappa shape index (κ3) is 5.12. The second-order valence-electron chi connectivity index (χ2n) is 3.96. The van der Waals surface area contributed by atoms with E-state index in [1.165, 1.54) is 12.1 Å². The van der Waals surface area contributed by atoms with Gasteiger partial charge in [-0.1, -0.05) is 5.16 Å². The van der Waals surface area contributed by atoms with Crippen molar-refractivity contribution in [2.45, 2.75) is 6.42 Å². The van der Waals surface area contributed by atoms with E-state index >= 15 is 0 Å². The van der Waals surface area contributed by atoms with Crippen LogP contribution in [0.1, 0.15) is 12.0 Å². The lowest BCUT2D eigenvalue weighted by Crippen LogP contribution is -2.13. The number of nitrogens with zero attached hydrogens (tertiary/aromatic N) is 1. The quantitative estimate of drug-likeness (QED) is 0.264. The van der Waals surface area contributed by atoms with Crippen LogP contribution in [0.5, 0.6) is 5.75 Å². The van der Waals surface area contributed by atoms with Crippen molar-refractivity contribution >= 4 is 15.7 Å². The summed E-state index contributed by atoms with van der Waals surface area (Å²) in [5, 5.41) is 11.2. The number of oxime groups is 1. The van der Waals surface area contributed by atoms with Gasteiger partial charge in [-0.15, -0.1) is 0 Å². The summed E-state index contributed by atoms with van der Waals surface area (Å²) in [6.07, 6.45) is 1.40. The van der Waals surface area contributed by atoms with Gasteiger partial charge in [0.05, 0.1) is 12.4 Å². The minimum atomic E-state index is -3.04. The summed E-state index contributed by atoms with van der Waals surface area (Å²) < 4.78 is 40.5. The van der Waals surface area contributed by atoms with Crippen LogP contribution in [0.4, 0.5) is 4.39 Å². The molecule has 0 unspecified atom stereocenters. The van der Waals surface area contributed by atoms with Crippen molar-refractivity contribution in [3.05, 3.63) is 29.6 Å². The predicted octanol–water partition coefficient (Wildman–Crippen LogP) is 0.734. The number of ether oxygens (including phenoxy) is 1. The van der Waals surface area contributed by atoms with Crippen molar-refractivity contribution in [2.24, 2.45) is 10.9 Å². The molecule has 0 aliphatic carbocycles. The van der Waals surface area contributed by atoms with E-state index < -0.39 is 15.7 Å². The minimum Gasteiger partial charge on any atom is -0.490 e. The average molecular weight is 290 g/mol. The van der Waals surface area contributed by atoms with Crippen molar-refractivity contribution in [3.63, 3.8) is 0 Å². The Bertz CT molecular complexity index is 572. The van der Waals surface area contributed by atoms with Crippen LogP contribution in [0.15, 0.2) is 23.4 Å². The normalized spacial score (nSPS) is 12.4. The molecule has 0 atom stereocenters. The highest BCUT2D eigenvalue weighted by atomic mass is 32.2. The van der Waals surface area contributed by atoms with Gasteiger partial charge in [0, 0.05) is 11.8 Å². The topological polar surface area (TPSA) is 102 Å². The number of rotatable bonds is 6. The van der Waals surface area contributed by atoms with Crippen molar-refractivity contribution in [1.29, 1.82) is 0 Å². The Morgan fingerprint density at radius 3 is 2.74 bits per heavy atom. The van der Waals surface area contributed by atoms with Gasteiger partial charge in [-0.2, -0.15) is 0 Å². The first-order chi connectivity index (χ1) is 8.83. The maximum atomic E-state index is 13.6. The van der Waals surface area contributed by atoms with Crippen LogP contribution in [-0.4, -0.2) is 38.1 Å². The molecular formula is C11H15FN2O4S. The van der Waals surface area contributed by atoms with Crippen molar-refractivity contribution in [2.75, 3.05) is 18.6 Å². The highest BCUT2D eigenvalue weighted by Crippen LogP contribution is 2.18. The number of hydrogen-bond donors (Lipinski definition) is 2. The largest absolute Gasteiger partial charge is 0.490 e. The number of hydrogen-bond acceptors (Lipinski definition) is 5. The molecule has 0 fully saturated rings. The Kier molecular flexibility index (Phi) is 5.11. The Balaban J connectivity index is 2.61. The third-order valence-electron chi connectivity index (χ3n) is 2.25. The van der Waals surface area contributed by atoms with Gasteiger partial charge in [0.1, 0.15) is 9.84 Å². The van der Waals surface area contributed by atoms with E-state index in [1.54, 1.807) is 0 Å². The molecule has 1 aromatic carbocycles. The number of sulfone groups is 1. The summed E-state index contributed by atoms with van der Waals surface area (Å²) in [7, 11) is -3.04. The fourth-order valence-corrected chi connectivity index (χ4v) is 1.98. The first-order valence-electron chi connectivity index (χ1n) is 5.41. The number of benzene rings is 1. The molecule has 0 aliphatic heterocycles. The van der Waals surface area contributed by atoms with Gasteiger partial charge in [0.2, 0.25) is 0 Å². The Morgan fingerprint density at radius 2 is 2.21 bits per heavy atom. The second-order valence-corrected chi connectivity index (χ2v) is 6.22. The Hall–Kier alpha value is -1.83. The van der Waals surface area contributed by atoms with E-state index in [9.17, 15) is 12.8 Å². The fourth-order valence-electron chi connectivity index (χ4n) is 1.34. The van der Waals surface area contributed by atoms with Crippen LogP contribution in [0, 0.1) is 5.82 Å². The SMILES string of the molecule is CS(=O)(=O)CCCOc1ccc(/C(N)=N/O)cc1F. The minimum absolute atomic E-state index is 0.0111. The second kappa shape index (κ2) is 6.37. The van der Waals surface area contributed by atoms with Crippen LogP contribution < -0.4 is 10.5 Å². The van der Waals surface area contributed by atoms with Crippen molar-refractivity contribution in [3.8, 4) is 5.75 Å². The van der Waals surface area contributed by atoms with Crippen LogP contribution in [0.3, 0.4) is 0 Å². The molecule has 0 aliphatic rings. The number of halogens is 1. The van der Waals surface area contributed by atoms with E-state index in [1.807, 2.05) is 0 Å². The van der Waals surface area contributed by atoms with E-state index in [0.29, 0.717) is 0 Å². The van der Waals surface area contributed by atoms with Crippen LogP contribution in [0.2, 0.25) is 0 Å². The summed E-state index contributed by atoms with van der Waals surface area (Å²) in [6, 6.07) is 3.84. The lowest BCUT2D eigenvalue weighted by atomic mass is 10.2. The summed E-state index contributed by atoms with van der Waals surface area (Å²) in [5.41, 5.74) is 5.53. The number of amidine groups is 1. The smallest absolute Gasteiger partial charge is 0.170 e. The zero-order valence-corrected chi connectivity index (χ0v) is 11.2. The van der Waals surface area contributed by atoms with E-state index in [2.05, 4.69) is 5.16 Å². The molecule has 3 N–H and O–H groups in total. The molecular weight excluding hydrogens is 275 g/mol. The first-order valence-corrected chi connectivity index (χ1v) is 7.47. The molecule has 0 heterocycles. The van der Waals surface area contributed by atoms with Crippen molar-refractivity contribution < 1.29 is 22.8 Å². The molecule has 0 saturated heterocycles. The molecule has 0 bridgehead atoms. The van der Waals surface area contributed by atoms with Gasteiger partial charge in [0.25, 0.3) is 0 Å². The lowest BCUT2D eigenvalue weighted by molar-refractivity contribution is 0.301. The molecule has 1 rings (SSSR count). The van der Waals surface area contributed by atoms with Gasteiger partial charge in [-0.3, -0.25) is 0 Å². The standard InChI is InChI=1S/C11H15FN2O4S/c1-19(16,17)6-2-5-18-10-4-3-8(7-9(10)12)11(13)14-15/h3-4,7,15H,2,5-6H2,1H3,(H2,13,14). The lowest BCUT2D eigenvalue weighted by Gasteiger charge is -2.08. The molecule has 6 nitrogen and oxygen atoms in total. The number of nitrogens with two attached hydrogens (primary N) is 1. The summed E-state index contributed by atoms with van der Waals surface area (Å²) in [5.74, 6) is -0.898. The Labute approximate surface area is 110 Å². The molecule has 0 saturated carbocycles. The van der Waals surface area contributed by atoms with Gasteiger partial charge in [-0.25, -0.2) is 12.8 Å². The molecule has 0 aromatic heterocycles. The molecule has 19 heavy (non-hydrogen) atoms. The monoisotopic (exact) mass is 290 g/mol. The Morgan fingerprint density at radius 1 is 1.53 bits per heavy atom. The zero-order valence-electron chi connectivity index (χ0n) is 10.3. The molecule has 1 aromatic rings. The van der Waals surface area contributed by atoms with E-state index in [4.69, 9.17) is 15.7 Å². The van der Waals surface area contributed by atoms with Crippen molar-refractivity contribution in [1.82, 2.24) is 0 Å². The molecule has 0 spiro atoms. The fraction of sp³-hybridized carbons (Fsp3) is 0.364. The third-order valence-corrected chi connectivity index (χ3v) is 3.28. The van der Waals surface area contributed by atoms with Gasteiger partial charge < -0.3 is 15.7 Å². The molecule has 8 heteroatoms. The summed E-state index contributed by atoms with van der Waals surface area (Å²) >= 11 is 0.